The summed E-state index contributed by atoms with van der Waals surface area (Å²) < 4.78 is 0.851. The molecule has 3 rings (SSSR count). The molecule has 2 aliphatic rings. The average molecular weight is 366 g/mol. The van der Waals surface area contributed by atoms with Gasteiger partial charge in [-0.2, -0.15) is 0 Å². The summed E-state index contributed by atoms with van der Waals surface area (Å²) in [5.74, 6) is -0.546. The lowest BCUT2D eigenvalue weighted by Crippen LogP contribution is -2.27. The number of benzene rings is 1. The third kappa shape index (κ3) is 2.30. The van der Waals surface area contributed by atoms with Crippen molar-refractivity contribution < 1.29 is 9.59 Å². The molecule has 2 N–H and O–H groups in total. The number of amides is 2. The van der Waals surface area contributed by atoms with E-state index in [0.29, 0.717) is 17.0 Å². The zero-order valence-electron chi connectivity index (χ0n) is 11.2. The number of fused-ring (bicyclic) bond motifs is 1. The van der Waals surface area contributed by atoms with Crippen molar-refractivity contribution in [3.8, 4) is 0 Å². The lowest BCUT2D eigenvalue weighted by atomic mass is 10.1. The Morgan fingerprint density at radius 2 is 2.14 bits per heavy atom. The fourth-order valence-electron chi connectivity index (χ4n) is 2.47. The molecule has 0 spiro atoms. The van der Waals surface area contributed by atoms with Crippen molar-refractivity contribution in [1.29, 1.82) is 5.41 Å². The van der Waals surface area contributed by atoms with Gasteiger partial charge in [0.1, 0.15) is 0 Å². The van der Waals surface area contributed by atoms with Gasteiger partial charge in [0, 0.05) is 16.6 Å². The highest BCUT2D eigenvalue weighted by molar-refractivity contribution is 9.10. The normalized spacial score (nSPS) is 21.0. The standard InChI is InChI=1S/C14H12BrN3O2S/c1-2-5-18-9-4-3-7(15)6-8(9)10(13(18)20)11-12(19)17-14(16)21-11/h3-4,6H,2,5H2,1H3,(H2,16,17,19)/b11-10+. The molecule has 21 heavy (non-hydrogen) atoms. The molecule has 1 aromatic carbocycles. The van der Waals surface area contributed by atoms with Crippen molar-refractivity contribution in [2.45, 2.75) is 13.3 Å². The minimum absolute atomic E-state index is 0.0563. The Morgan fingerprint density at radius 1 is 1.38 bits per heavy atom. The van der Waals surface area contributed by atoms with Crippen LogP contribution in [0.1, 0.15) is 18.9 Å². The van der Waals surface area contributed by atoms with E-state index in [9.17, 15) is 9.59 Å². The van der Waals surface area contributed by atoms with E-state index >= 15 is 0 Å². The number of amidine groups is 1. The second-order valence-corrected chi connectivity index (χ2v) is 6.64. The molecule has 108 valence electrons. The van der Waals surface area contributed by atoms with Gasteiger partial charge < -0.3 is 10.2 Å². The number of rotatable bonds is 2. The summed E-state index contributed by atoms with van der Waals surface area (Å²) in [4.78, 5) is 26.7. The van der Waals surface area contributed by atoms with Crippen LogP contribution in [-0.2, 0) is 9.59 Å². The van der Waals surface area contributed by atoms with Crippen molar-refractivity contribution in [2.75, 3.05) is 11.4 Å². The summed E-state index contributed by atoms with van der Waals surface area (Å²) in [6.07, 6.45) is 0.832. The molecule has 5 nitrogen and oxygen atoms in total. The quantitative estimate of drug-likeness (QED) is 0.791. The highest BCUT2D eigenvalue weighted by Gasteiger charge is 2.38. The smallest absolute Gasteiger partial charge is 0.264 e. The number of carbonyl (C=O) groups excluding carboxylic acids is 2. The lowest BCUT2D eigenvalue weighted by molar-refractivity contribution is -0.116. The van der Waals surface area contributed by atoms with Crippen LogP contribution in [0.3, 0.4) is 0 Å². The van der Waals surface area contributed by atoms with Crippen LogP contribution in [0.2, 0.25) is 0 Å². The van der Waals surface area contributed by atoms with Gasteiger partial charge in [0.15, 0.2) is 5.17 Å². The van der Waals surface area contributed by atoms with Gasteiger partial charge in [-0.1, -0.05) is 22.9 Å². The van der Waals surface area contributed by atoms with E-state index in [1.807, 2.05) is 25.1 Å². The monoisotopic (exact) mass is 365 g/mol. The number of hydrogen-bond donors (Lipinski definition) is 2. The molecule has 0 unspecified atom stereocenters. The topological polar surface area (TPSA) is 73.3 Å². The summed E-state index contributed by atoms with van der Waals surface area (Å²) in [6, 6.07) is 5.61. The highest BCUT2D eigenvalue weighted by Crippen LogP contribution is 2.43. The van der Waals surface area contributed by atoms with Crippen LogP contribution < -0.4 is 10.2 Å². The fraction of sp³-hybridized carbons (Fsp3) is 0.214. The Hall–Kier alpha value is -1.60. The minimum Gasteiger partial charge on any atom is -0.308 e. The first-order valence-electron chi connectivity index (χ1n) is 6.46. The average Bonchev–Trinajstić information content (AvgIpc) is 2.88. The minimum atomic E-state index is -0.377. The zero-order valence-corrected chi connectivity index (χ0v) is 13.6. The van der Waals surface area contributed by atoms with E-state index in [0.717, 1.165) is 33.9 Å². The largest absolute Gasteiger partial charge is 0.308 e. The Balaban J connectivity index is 2.21. The maximum absolute atomic E-state index is 12.7. The first-order valence-corrected chi connectivity index (χ1v) is 8.07. The highest BCUT2D eigenvalue weighted by atomic mass is 79.9. The molecule has 0 atom stereocenters. The number of nitrogens with zero attached hydrogens (tertiary/aromatic N) is 1. The van der Waals surface area contributed by atoms with Gasteiger partial charge in [0.05, 0.1) is 16.2 Å². The van der Waals surface area contributed by atoms with Crippen LogP contribution in [0.25, 0.3) is 5.57 Å². The van der Waals surface area contributed by atoms with Crippen molar-refractivity contribution in [1.82, 2.24) is 5.32 Å². The van der Waals surface area contributed by atoms with E-state index in [-0.39, 0.29) is 17.0 Å². The molecule has 2 heterocycles. The van der Waals surface area contributed by atoms with Crippen molar-refractivity contribution >= 4 is 55.9 Å². The van der Waals surface area contributed by atoms with Crippen LogP contribution >= 0.6 is 27.7 Å². The molecule has 1 saturated heterocycles. The molecule has 1 aromatic rings. The van der Waals surface area contributed by atoms with E-state index in [1.165, 1.54) is 0 Å². The van der Waals surface area contributed by atoms with Gasteiger partial charge in [-0.15, -0.1) is 0 Å². The number of hydrogen-bond acceptors (Lipinski definition) is 4. The Labute approximate surface area is 134 Å². The van der Waals surface area contributed by atoms with Crippen molar-refractivity contribution in [3.63, 3.8) is 0 Å². The van der Waals surface area contributed by atoms with E-state index in [1.54, 1.807) is 4.90 Å². The molecule has 0 saturated carbocycles. The van der Waals surface area contributed by atoms with Gasteiger partial charge >= 0.3 is 0 Å². The van der Waals surface area contributed by atoms with Crippen LogP contribution in [0.5, 0.6) is 0 Å². The van der Waals surface area contributed by atoms with Crippen LogP contribution in [0.4, 0.5) is 5.69 Å². The van der Waals surface area contributed by atoms with Crippen molar-refractivity contribution in [2.24, 2.45) is 0 Å². The molecule has 7 heteroatoms. The second kappa shape index (κ2) is 5.31. The number of halogens is 1. The predicted molar refractivity (Wildman–Crippen MR) is 87.2 cm³/mol. The molecular weight excluding hydrogens is 354 g/mol. The van der Waals surface area contributed by atoms with E-state index in [2.05, 4.69) is 21.2 Å². The third-order valence-electron chi connectivity index (χ3n) is 3.29. The molecule has 0 radical (unpaired) electrons. The number of anilines is 1. The van der Waals surface area contributed by atoms with E-state index in [4.69, 9.17) is 5.41 Å². The van der Waals surface area contributed by atoms with Gasteiger partial charge in [-0.3, -0.25) is 15.0 Å². The van der Waals surface area contributed by atoms with E-state index < -0.39 is 0 Å². The molecular formula is C14H12BrN3O2S. The summed E-state index contributed by atoms with van der Waals surface area (Å²) in [7, 11) is 0. The number of thioether (sulfide) groups is 1. The third-order valence-corrected chi connectivity index (χ3v) is 4.68. The van der Waals surface area contributed by atoms with Crippen molar-refractivity contribution in [3.05, 3.63) is 33.1 Å². The predicted octanol–water partition coefficient (Wildman–Crippen LogP) is 2.71. The number of carbonyl (C=O) groups is 2. The number of nitrogens with one attached hydrogen (secondary N) is 2. The Bertz CT molecular complexity index is 714. The lowest BCUT2D eigenvalue weighted by Gasteiger charge is -2.15. The molecule has 0 aliphatic carbocycles. The summed E-state index contributed by atoms with van der Waals surface area (Å²) in [5.41, 5.74) is 1.96. The van der Waals surface area contributed by atoms with Gasteiger partial charge in [0.2, 0.25) is 0 Å². The second-order valence-electron chi connectivity index (χ2n) is 4.71. The maximum Gasteiger partial charge on any atom is 0.264 e. The first kappa shape index (κ1) is 14.3. The molecule has 0 bridgehead atoms. The summed E-state index contributed by atoms with van der Waals surface area (Å²) >= 11 is 4.41. The van der Waals surface area contributed by atoms with Gasteiger partial charge in [-0.05, 0) is 36.4 Å². The summed E-state index contributed by atoms with van der Waals surface area (Å²) in [5, 5.41) is 10.0. The Morgan fingerprint density at radius 3 is 2.76 bits per heavy atom. The van der Waals surface area contributed by atoms with Gasteiger partial charge in [0.25, 0.3) is 11.8 Å². The molecule has 1 fully saturated rings. The summed E-state index contributed by atoms with van der Waals surface area (Å²) in [6.45, 7) is 2.61. The fourth-order valence-corrected chi connectivity index (χ4v) is 3.62. The van der Waals surface area contributed by atoms with Gasteiger partial charge in [-0.25, -0.2) is 0 Å². The SMILES string of the molecule is CCCN1C(=O)/C(=C2/SC(=N)NC2=O)c2cc(Br)ccc21. The van der Waals surface area contributed by atoms with Crippen LogP contribution in [-0.4, -0.2) is 23.5 Å². The maximum atomic E-state index is 12.7. The zero-order chi connectivity index (χ0) is 15.1. The first-order chi connectivity index (χ1) is 10.0. The van der Waals surface area contributed by atoms with Crippen LogP contribution in [0, 0.1) is 5.41 Å². The molecule has 0 aromatic heterocycles. The molecule has 2 amide bonds. The van der Waals surface area contributed by atoms with Crippen LogP contribution in [0.15, 0.2) is 27.6 Å². The molecule has 2 aliphatic heterocycles. The Kier molecular flexibility index (Phi) is 3.62.